The monoisotopic (exact) mass is 436 g/mol. The Morgan fingerprint density at radius 1 is 1.10 bits per heavy atom. The zero-order chi connectivity index (χ0) is 22.6. The maximum atomic E-state index is 13.3. The number of Topliss-reactive ketones (excluding diaryl/α,β-unsaturated/α-hetero) is 1. The quantitative estimate of drug-likeness (QED) is 0.715. The number of halogens is 3. The Morgan fingerprint density at radius 2 is 1.71 bits per heavy atom. The first-order valence-electron chi connectivity index (χ1n) is 9.72. The van der Waals surface area contributed by atoms with Crippen LogP contribution in [0.1, 0.15) is 36.8 Å². The van der Waals surface area contributed by atoms with Crippen LogP contribution in [0.5, 0.6) is 17.2 Å². The highest BCUT2D eigenvalue weighted by Crippen LogP contribution is 2.40. The van der Waals surface area contributed by atoms with Gasteiger partial charge in [0.2, 0.25) is 5.91 Å². The van der Waals surface area contributed by atoms with Crippen molar-refractivity contribution in [1.29, 1.82) is 0 Å². The molecule has 1 fully saturated rings. The van der Waals surface area contributed by atoms with Crippen LogP contribution in [0.4, 0.5) is 13.2 Å². The average molecular weight is 436 g/mol. The second-order valence-corrected chi connectivity index (χ2v) is 7.48. The summed E-state index contributed by atoms with van der Waals surface area (Å²) >= 11 is 0. The molecule has 166 valence electrons. The third kappa shape index (κ3) is 5.55. The van der Waals surface area contributed by atoms with Gasteiger partial charge in [0.15, 0.2) is 0 Å². The number of amides is 1. The highest BCUT2D eigenvalue weighted by molar-refractivity contribution is 5.90. The van der Waals surface area contributed by atoms with Gasteiger partial charge in [-0.3, -0.25) is 9.59 Å². The summed E-state index contributed by atoms with van der Waals surface area (Å²) in [4.78, 5) is 23.8. The highest BCUT2D eigenvalue weighted by atomic mass is 19.4. The van der Waals surface area contributed by atoms with Gasteiger partial charge in [-0.15, -0.1) is 0 Å². The number of carbonyl (C=O) groups excluding carboxylic acids is 2. The van der Waals surface area contributed by atoms with Gasteiger partial charge in [-0.25, -0.2) is 0 Å². The van der Waals surface area contributed by atoms with Gasteiger partial charge in [-0.2, -0.15) is 13.2 Å². The smallest absolute Gasteiger partial charge is 0.420 e. The molecule has 3 N–H and O–H groups in total. The molecule has 1 saturated carbocycles. The van der Waals surface area contributed by atoms with Crippen LogP contribution < -0.4 is 20.5 Å². The number of ketones is 1. The molecule has 0 bridgehead atoms. The van der Waals surface area contributed by atoms with Crippen LogP contribution >= 0.6 is 0 Å². The standard InChI is InChI=1S/C22H23F3N2O4/c1-30-17-6-7-19(18(12-17)22(23,24)25)31-16-4-2-14(3-5-16)13-27-20(29)21(26)10-8-15(28)9-11-21/h2-7,12H,8-11,13,26H2,1H3,(H,27,29). The van der Waals surface area contributed by atoms with E-state index >= 15 is 0 Å². The highest BCUT2D eigenvalue weighted by Gasteiger charge is 2.37. The summed E-state index contributed by atoms with van der Waals surface area (Å²) in [6, 6.07) is 9.77. The number of carbonyl (C=O) groups is 2. The molecule has 1 amide bonds. The third-order valence-corrected chi connectivity index (χ3v) is 5.25. The lowest BCUT2D eigenvalue weighted by molar-refractivity contribution is -0.138. The zero-order valence-corrected chi connectivity index (χ0v) is 16.9. The Labute approximate surface area is 177 Å². The molecule has 2 aromatic rings. The predicted octanol–water partition coefficient (Wildman–Crippen LogP) is 3.96. The first kappa shape index (κ1) is 22.6. The van der Waals surface area contributed by atoms with E-state index in [4.69, 9.17) is 15.2 Å². The molecule has 1 aliphatic carbocycles. The fourth-order valence-electron chi connectivity index (χ4n) is 3.31. The molecule has 2 aromatic carbocycles. The second kappa shape index (κ2) is 8.97. The van der Waals surface area contributed by atoms with Crippen molar-refractivity contribution in [2.45, 2.75) is 43.9 Å². The van der Waals surface area contributed by atoms with Gasteiger partial charge in [-0.1, -0.05) is 12.1 Å². The summed E-state index contributed by atoms with van der Waals surface area (Å²) in [5.74, 6) is -0.271. The van der Waals surface area contributed by atoms with E-state index in [1.807, 2.05) is 0 Å². The van der Waals surface area contributed by atoms with Crippen molar-refractivity contribution in [2.24, 2.45) is 5.73 Å². The Kier molecular flexibility index (Phi) is 6.54. The van der Waals surface area contributed by atoms with Crippen molar-refractivity contribution in [1.82, 2.24) is 5.32 Å². The van der Waals surface area contributed by atoms with E-state index in [2.05, 4.69) is 5.32 Å². The van der Waals surface area contributed by atoms with Gasteiger partial charge in [0.25, 0.3) is 0 Å². The number of methoxy groups -OCH3 is 1. The van der Waals surface area contributed by atoms with E-state index in [9.17, 15) is 22.8 Å². The Morgan fingerprint density at radius 3 is 2.29 bits per heavy atom. The topological polar surface area (TPSA) is 90.7 Å². The molecule has 0 unspecified atom stereocenters. The first-order valence-corrected chi connectivity index (χ1v) is 9.72. The van der Waals surface area contributed by atoms with E-state index in [0.717, 1.165) is 11.6 Å². The van der Waals surface area contributed by atoms with Gasteiger partial charge in [0, 0.05) is 19.4 Å². The van der Waals surface area contributed by atoms with E-state index in [0.29, 0.717) is 25.7 Å². The number of hydrogen-bond acceptors (Lipinski definition) is 5. The number of nitrogens with two attached hydrogens (primary N) is 1. The van der Waals surface area contributed by atoms with Crippen molar-refractivity contribution < 1.29 is 32.2 Å². The molecule has 3 rings (SSSR count). The largest absolute Gasteiger partial charge is 0.497 e. The molecule has 1 aliphatic rings. The van der Waals surface area contributed by atoms with Crippen molar-refractivity contribution in [3.63, 3.8) is 0 Å². The summed E-state index contributed by atoms with van der Waals surface area (Å²) in [5, 5.41) is 2.76. The number of benzene rings is 2. The number of ether oxygens (including phenoxy) is 2. The van der Waals surface area contributed by atoms with Gasteiger partial charge in [0.05, 0.1) is 12.6 Å². The summed E-state index contributed by atoms with van der Waals surface area (Å²) in [5.41, 5.74) is 4.85. The minimum atomic E-state index is -4.60. The maximum absolute atomic E-state index is 13.3. The number of hydrogen-bond donors (Lipinski definition) is 2. The normalized spacial score (nSPS) is 16.0. The second-order valence-electron chi connectivity index (χ2n) is 7.48. The molecular formula is C22H23F3N2O4. The van der Waals surface area contributed by atoms with Crippen molar-refractivity contribution in [3.05, 3.63) is 53.6 Å². The molecule has 31 heavy (non-hydrogen) atoms. The van der Waals surface area contributed by atoms with Gasteiger partial charge >= 0.3 is 6.18 Å². The van der Waals surface area contributed by atoms with Crippen LogP contribution in [0.2, 0.25) is 0 Å². The van der Waals surface area contributed by atoms with Crippen LogP contribution in [0, 0.1) is 0 Å². The van der Waals surface area contributed by atoms with Crippen molar-refractivity contribution >= 4 is 11.7 Å². The first-order chi connectivity index (χ1) is 14.6. The zero-order valence-electron chi connectivity index (χ0n) is 16.9. The van der Waals surface area contributed by atoms with Gasteiger partial charge in [0.1, 0.15) is 28.6 Å². The van der Waals surface area contributed by atoms with Gasteiger partial charge in [-0.05, 0) is 48.7 Å². The van der Waals surface area contributed by atoms with E-state index < -0.39 is 17.3 Å². The number of nitrogens with one attached hydrogen (secondary N) is 1. The lowest BCUT2D eigenvalue weighted by atomic mass is 9.81. The van der Waals surface area contributed by atoms with Crippen LogP contribution in [0.3, 0.4) is 0 Å². The minimum absolute atomic E-state index is 0.0748. The molecule has 0 atom stereocenters. The van der Waals surface area contributed by atoms with Gasteiger partial charge < -0.3 is 20.5 Å². The van der Waals surface area contributed by atoms with Crippen LogP contribution in [-0.4, -0.2) is 24.3 Å². The summed E-state index contributed by atoms with van der Waals surface area (Å²) < 4.78 is 50.2. The molecular weight excluding hydrogens is 413 g/mol. The molecule has 6 nitrogen and oxygen atoms in total. The average Bonchev–Trinajstić information content (AvgIpc) is 2.74. The van der Waals surface area contributed by atoms with E-state index in [-0.39, 0.29) is 35.5 Å². The fraction of sp³-hybridized carbons (Fsp3) is 0.364. The summed E-state index contributed by atoms with van der Waals surface area (Å²) in [6.45, 7) is 0.197. The third-order valence-electron chi connectivity index (χ3n) is 5.25. The summed E-state index contributed by atoms with van der Waals surface area (Å²) in [7, 11) is 1.29. The Hall–Kier alpha value is -3.07. The predicted molar refractivity (Wildman–Crippen MR) is 107 cm³/mol. The van der Waals surface area contributed by atoms with Crippen molar-refractivity contribution in [3.8, 4) is 17.2 Å². The van der Waals surface area contributed by atoms with E-state index in [1.54, 1.807) is 12.1 Å². The number of alkyl halides is 3. The molecule has 0 aliphatic heterocycles. The van der Waals surface area contributed by atoms with Crippen LogP contribution in [0.15, 0.2) is 42.5 Å². The molecule has 0 aromatic heterocycles. The summed E-state index contributed by atoms with van der Waals surface area (Å²) in [6.07, 6.45) is -3.39. The SMILES string of the molecule is COc1ccc(Oc2ccc(CNC(=O)C3(N)CCC(=O)CC3)cc2)c(C(F)(F)F)c1. The maximum Gasteiger partial charge on any atom is 0.420 e. The van der Waals surface area contributed by atoms with Crippen LogP contribution in [0.25, 0.3) is 0 Å². The minimum Gasteiger partial charge on any atom is -0.497 e. The Balaban J connectivity index is 1.63. The molecule has 0 saturated heterocycles. The van der Waals surface area contributed by atoms with Crippen molar-refractivity contribution in [2.75, 3.05) is 7.11 Å². The lowest BCUT2D eigenvalue weighted by Gasteiger charge is -2.31. The fourth-order valence-corrected chi connectivity index (χ4v) is 3.31. The molecule has 0 radical (unpaired) electrons. The molecule has 0 heterocycles. The molecule has 9 heteroatoms. The molecule has 0 spiro atoms. The van der Waals surface area contributed by atoms with Crippen LogP contribution in [-0.2, 0) is 22.3 Å². The lowest BCUT2D eigenvalue weighted by Crippen LogP contribution is -2.55. The van der Waals surface area contributed by atoms with E-state index in [1.165, 1.54) is 31.4 Å². The Bertz CT molecular complexity index is 948. The number of rotatable bonds is 6.